The molecule has 16 heteroatoms. The van der Waals surface area contributed by atoms with Crippen LogP contribution in [0.2, 0.25) is 0 Å². The largest absolute Gasteiger partial charge is 0.509 e. The number of methoxy groups -OCH3 is 1. The molecule has 0 radical (unpaired) electrons. The van der Waals surface area contributed by atoms with Crippen LogP contribution in [0.3, 0.4) is 0 Å². The molecule has 0 amide bonds. The van der Waals surface area contributed by atoms with Crippen molar-refractivity contribution in [3.8, 4) is 0 Å². The normalized spacial score (nSPS) is 42.2. The van der Waals surface area contributed by atoms with Gasteiger partial charge in [0.05, 0.1) is 48.0 Å². The first-order valence-electron chi connectivity index (χ1n) is 17.2. The smallest absolute Gasteiger partial charge is 0.458 e. The summed E-state index contributed by atoms with van der Waals surface area (Å²) in [5, 5.41) is 0. The standard InChI is InChI=1S/C34H57NO14S/c1-14-24-34(9)29(47-32(39)48-34)19(4)25(37)17(2)16-33(8,42-12)28(20(5)26(49-50(13,40)41)21(6)30(38)45-24)46-31-27(44-22(7)36)23(35(10)11)15-18(3)43-31/h17-21,23-24,26-29,31H,14-16H2,1-13H3/t17-,18-,19+,20+,21-,23+,24-,26+,27-,28-,29-,31?,33-,34-/m1/s1. The van der Waals surface area contributed by atoms with Crippen molar-refractivity contribution in [3.63, 3.8) is 0 Å². The predicted molar refractivity (Wildman–Crippen MR) is 178 cm³/mol. The number of fused-ring (bicyclic) bond motifs is 1. The zero-order valence-electron chi connectivity index (χ0n) is 31.6. The van der Waals surface area contributed by atoms with Crippen LogP contribution in [0.5, 0.6) is 0 Å². The summed E-state index contributed by atoms with van der Waals surface area (Å²) in [6.07, 6.45) is -6.47. The molecule has 0 aromatic heterocycles. The van der Waals surface area contributed by atoms with Crippen LogP contribution in [-0.4, -0.2) is 125 Å². The number of nitrogens with zero attached hydrogens (tertiary/aromatic N) is 1. The SMILES string of the molecule is CC[C@H]1OC(=O)[C@H](C)[C@@H](OS(C)(=O)=O)[C@H](C)[C@@H](OC2O[C@H](C)C[C@H](N(C)C)[C@H]2OC(C)=O)[C@](C)(OC)C[C@@H](C)C(=O)[C@H](C)[C@H]2OC(=O)O[C@@]21C. The maximum Gasteiger partial charge on any atom is 0.509 e. The van der Waals surface area contributed by atoms with Crippen molar-refractivity contribution in [3.05, 3.63) is 0 Å². The molecule has 50 heavy (non-hydrogen) atoms. The molecule has 0 N–H and O–H groups in total. The number of carbonyl (C=O) groups is 4. The third-order valence-corrected chi connectivity index (χ3v) is 11.1. The highest BCUT2D eigenvalue weighted by molar-refractivity contribution is 7.86. The first kappa shape index (κ1) is 42.0. The minimum Gasteiger partial charge on any atom is -0.458 e. The van der Waals surface area contributed by atoms with Crippen molar-refractivity contribution in [1.82, 2.24) is 4.90 Å². The summed E-state index contributed by atoms with van der Waals surface area (Å²) in [5.41, 5.74) is -2.89. The van der Waals surface area contributed by atoms with Gasteiger partial charge in [-0.05, 0) is 61.1 Å². The van der Waals surface area contributed by atoms with Crippen molar-refractivity contribution in [2.75, 3.05) is 27.5 Å². The van der Waals surface area contributed by atoms with E-state index in [1.165, 1.54) is 21.0 Å². The van der Waals surface area contributed by atoms with E-state index in [9.17, 15) is 27.6 Å². The molecule has 0 saturated carbocycles. The summed E-state index contributed by atoms with van der Waals surface area (Å²) in [7, 11) is 0.943. The van der Waals surface area contributed by atoms with Gasteiger partial charge in [0, 0.05) is 25.9 Å². The average molecular weight is 736 g/mol. The highest BCUT2D eigenvalue weighted by atomic mass is 32.2. The second kappa shape index (κ2) is 16.1. The lowest BCUT2D eigenvalue weighted by Gasteiger charge is -2.48. The van der Waals surface area contributed by atoms with Crippen LogP contribution in [0, 0.1) is 23.7 Å². The number of ketones is 1. The summed E-state index contributed by atoms with van der Waals surface area (Å²) in [4.78, 5) is 54.9. The molecule has 3 aliphatic heterocycles. The van der Waals surface area contributed by atoms with E-state index in [2.05, 4.69) is 0 Å². The van der Waals surface area contributed by atoms with Crippen molar-refractivity contribution < 1.29 is 64.9 Å². The Balaban J connectivity index is 2.25. The Morgan fingerprint density at radius 2 is 1.62 bits per heavy atom. The second-order valence-corrected chi connectivity index (χ2v) is 16.4. The van der Waals surface area contributed by atoms with Crippen LogP contribution >= 0.6 is 0 Å². The number of carbonyl (C=O) groups excluding carboxylic acids is 4. The third kappa shape index (κ3) is 9.16. The van der Waals surface area contributed by atoms with Gasteiger partial charge in [-0.3, -0.25) is 18.6 Å². The van der Waals surface area contributed by atoms with Gasteiger partial charge in [0.25, 0.3) is 10.1 Å². The molecule has 3 rings (SSSR count). The molecule has 15 nitrogen and oxygen atoms in total. The van der Waals surface area contributed by atoms with E-state index in [1.54, 1.807) is 41.5 Å². The van der Waals surface area contributed by atoms with Crippen molar-refractivity contribution in [2.24, 2.45) is 23.7 Å². The summed E-state index contributed by atoms with van der Waals surface area (Å²) in [6, 6.07) is -0.315. The van der Waals surface area contributed by atoms with Crippen molar-refractivity contribution in [2.45, 2.75) is 142 Å². The Morgan fingerprint density at radius 1 is 1.00 bits per heavy atom. The van der Waals surface area contributed by atoms with Crippen LogP contribution in [0.15, 0.2) is 0 Å². The van der Waals surface area contributed by atoms with E-state index in [0.29, 0.717) is 6.42 Å². The monoisotopic (exact) mass is 735 g/mol. The fourth-order valence-electron chi connectivity index (χ4n) is 7.87. The summed E-state index contributed by atoms with van der Waals surface area (Å²) >= 11 is 0. The van der Waals surface area contributed by atoms with Crippen LogP contribution in [0.25, 0.3) is 0 Å². The second-order valence-electron chi connectivity index (χ2n) is 14.8. The number of ether oxygens (including phenoxy) is 7. The maximum absolute atomic E-state index is 14.1. The van der Waals surface area contributed by atoms with Gasteiger partial charge in [-0.15, -0.1) is 0 Å². The van der Waals surface area contributed by atoms with E-state index in [0.717, 1.165) is 6.26 Å². The molecule has 1 unspecified atom stereocenters. The Hall–Kier alpha value is -2.37. The average Bonchev–Trinajstić information content (AvgIpc) is 3.33. The van der Waals surface area contributed by atoms with Gasteiger partial charge in [0.15, 0.2) is 24.1 Å². The topological polar surface area (TPSA) is 180 Å². The lowest BCUT2D eigenvalue weighted by molar-refractivity contribution is -0.303. The van der Waals surface area contributed by atoms with Gasteiger partial charge in [0.1, 0.15) is 11.9 Å². The molecule has 0 spiro atoms. The van der Waals surface area contributed by atoms with E-state index in [1.807, 2.05) is 25.9 Å². The molecular formula is C34H57NO14S. The maximum atomic E-state index is 14.1. The lowest BCUT2D eigenvalue weighted by atomic mass is 9.74. The zero-order chi connectivity index (χ0) is 38.1. The predicted octanol–water partition coefficient (Wildman–Crippen LogP) is 3.25. The molecule has 3 heterocycles. The summed E-state index contributed by atoms with van der Waals surface area (Å²) in [5.74, 6) is -5.45. The number of Topliss-reactive ketones (excluding diaryl/α,β-unsaturated/α-hetero) is 1. The minimum atomic E-state index is -4.18. The van der Waals surface area contributed by atoms with Crippen LogP contribution < -0.4 is 0 Å². The van der Waals surface area contributed by atoms with Crippen LogP contribution in [-0.2, 0) is 61.8 Å². The van der Waals surface area contributed by atoms with Gasteiger partial charge < -0.3 is 38.1 Å². The number of esters is 2. The van der Waals surface area contributed by atoms with E-state index in [4.69, 9.17) is 37.3 Å². The highest BCUT2D eigenvalue weighted by Crippen LogP contribution is 2.43. The zero-order valence-corrected chi connectivity index (χ0v) is 32.4. The van der Waals surface area contributed by atoms with Gasteiger partial charge in [-0.25, -0.2) is 4.79 Å². The van der Waals surface area contributed by atoms with E-state index < -0.39 is 99.9 Å². The molecule has 0 aromatic rings. The summed E-state index contributed by atoms with van der Waals surface area (Å²) < 4.78 is 73.3. The number of likely N-dealkylation sites (N-methyl/N-ethyl adjacent to an activating group) is 1. The van der Waals surface area contributed by atoms with Gasteiger partial charge in [-0.1, -0.05) is 27.7 Å². The fraction of sp³-hybridized carbons (Fsp3) is 0.882. The quantitative estimate of drug-likeness (QED) is 0.201. The molecule has 0 bridgehead atoms. The van der Waals surface area contributed by atoms with Crippen LogP contribution in [0.4, 0.5) is 4.79 Å². The molecule has 0 aromatic carbocycles. The molecular weight excluding hydrogens is 678 g/mol. The number of hydrogen-bond acceptors (Lipinski definition) is 15. The van der Waals surface area contributed by atoms with Gasteiger partial charge >= 0.3 is 18.1 Å². The minimum absolute atomic E-state index is 0.0408. The van der Waals surface area contributed by atoms with Crippen molar-refractivity contribution >= 4 is 34.0 Å². The van der Waals surface area contributed by atoms with Gasteiger partial charge in [0.2, 0.25) is 0 Å². The summed E-state index contributed by atoms with van der Waals surface area (Å²) in [6.45, 7) is 14.6. The van der Waals surface area contributed by atoms with Crippen molar-refractivity contribution in [1.29, 1.82) is 0 Å². The number of rotatable bonds is 8. The molecule has 14 atom stereocenters. The Morgan fingerprint density at radius 3 is 2.14 bits per heavy atom. The Kier molecular flexibility index (Phi) is 13.5. The lowest BCUT2D eigenvalue weighted by Crippen LogP contribution is -2.61. The van der Waals surface area contributed by atoms with Crippen LogP contribution in [0.1, 0.15) is 81.6 Å². The Bertz CT molecular complexity index is 1360. The molecule has 3 saturated heterocycles. The molecule has 288 valence electrons. The first-order valence-corrected chi connectivity index (χ1v) is 19.0. The first-order chi connectivity index (χ1) is 23.0. The highest BCUT2D eigenvalue weighted by Gasteiger charge is 2.59. The molecule has 3 aliphatic rings. The number of hydrogen-bond donors (Lipinski definition) is 0. The molecule has 0 aliphatic carbocycles. The number of cyclic esters (lactones) is 1. The van der Waals surface area contributed by atoms with Gasteiger partial charge in [-0.2, -0.15) is 8.42 Å². The third-order valence-electron chi connectivity index (χ3n) is 10.5. The van der Waals surface area contributed by atoms with E-state index in [-0.39, 0.29) is 30.8 Å². The molecule has 3 fully saturated rings. The van der Waals surface area contributed by atoms with E-state index >= 15 is 0 Å². The fourth-order valence-corrected chi connectivity index (χ4v) is 8.61. The Labute approximate surface area is 296 Å².